The molecule has 1 aromatic carbocycles. The topological polar surface area (TPSA) is 53.0 Å². The van der Waals surface area contributed by atoms with Gasteiger partial charge in [0.1, 0.15) is 0 Å². The zero-order valence-electron chi connectivity index (χ0n) is 16.1. The Morgan fingerprint density at radius 1 is 1.12 bits per heavy atom. The summed E-state index contributed by atoms with van der Waals surface area (Å²) in [6.07, 6.45) is 0. The van der Waals surface area contributed by atoms with Gasteiger partial charge in [-0.2, -0.15) is 0 Å². The number of piperazine rings is 1. The molecule has 137 valence electrons. The molecule has 1 aliphatic heterocycles. The monoisotopic (exact) mass is 345 g/mol. The van der Waals surface area contributed by atoms with E-state index in [1.165, 1.54) is 5.56 Å². The molecular weight excluding hydrogens is 315 g/mol. The predicted molar refractivity (Wildman–Crippen MR) is 101 cm³/mol. The number of aliphatic hydroxyl groups is 1. The Morgan fingerprint density at radius 2 is 1.68 bits per heavy atom. The van der Waals surface area contributed by atoms with E-state index in [0.29, 0.717) is 0 Å². The van der Waals surface area contributed by atoms with Crippen LogP contribution in [-0.2, 0) is 16.0 Å². The predicted octanol–water partition coefficient (Wildman–Crippen LogP) is 1.16. The highest BCUT2D eigenvalue weighted by molar-refractivity contribution is 6.47. The molecule has 6 heteroatoms. The Labute approximate surface area is 152 Å². The van der Waals surface area contributed by atoms with Crippen molar-refractivity contribution >= 4 is 18.9 Å². The lowest BCUT2D eigenvalue weighted by molar-refractivity contribution is -0.130. The van der Waals surface area contributed by atoms with Crippen molar-refractivity contribution in [3.63, 3.8) is 0 Å². The average Bonchev–Trinajstić information content (AvgIpc) is 2.54. The molecule has 0 unspecified atom stereocenters. The van der Waals surface area contributed by atoms with E-state index in [1.54, 1.807) is 28.3 Å². The minimum atomic E-state index is -0.925. The number of benzene rings is 1. The maximum atomic E-state index is 11.4. The highest BCUT2D eigenvalue weighted by Gasteiger charge is 2.35. The first kappa shape index (κ1) is 20.0. The fourth-order valence-corrected chi connectivity index (χ4v) is 2.54. The smallest absolute Gasteiger partial charge is 0.330 e. The van der Waals surface area contributed by atoms with Gasteiger partial charge in [-0.15, -0.1) is 0 Å². The second-order valence-electron chi connectivity index (χ2n) is 7.83. The van der Waals surface area contributed by atoms with Crippen molar-refractivity contribution in [3.8, 4) is 0 Å². The van der Waals surface area contributed by atoms with Crippen LogP contribution in [0.1, 0.15) is 40.2 Å². The van der Waals surface area contributed by atoms with E-state index >= 15 is 0 Å². The van der Waals surface area contributed by atoms with Crippen LogP contribution in [0, 0.1) is 0 Å². The van der Waals surface area contributed by atoms with Crippen LogP contribution in [0.5, 0.6) is 0 Å². The third-order valence-corrected chi connectivity index (χ3v) is 5.17. The van der Waals surface area contributed by atoms with Crippen molar-refractivity contribution in [2.75, 3.05) is 26.2 Å². The van der Waals surface area contributed by atoms with E-state index in [9.17, 15) is 9.90 Å². The Balaban J connectivity index is 1.83. The number of amides is 1. The Morgan fingerprint density at radius 3 is 2.16 bits per heavy atom. The number of carbonyl (C=O) groups is 1. The largest absolute Gasteiger partial charge is 0.427 e. The molecule has 25 heavy (non-hydrogen) atoms. The number of carbonyl (C=O) groups excluding carboxylic acids is 1. The van der Waals surface area contributed by atoms with E-state index in [4.69, 9.17) is 4.65 Å². The molecule has 1 radical (unpaired) electrons. The van der Waals surface area contributed by atoms with Gasteiger partial charge in [-0.3, -0.25) is 9.69 Å². The molecule has 0 aliphatic carbocycles. The molecule has 0 aromatic heterocycles. The molecule has 0 spiro atoms. The molecule has 1 heterocycles. The fourth-order valence-electron chi connectivity index (χ4n) is 2.54. The molecule has 1 aliphatic rings. The van der Waals surface area contributed by atoms with Gasteiger partial charge in [0.15, 0.2) is 0 Å². The summed E-state index contributed by atoms with van der Waals surface area (Å²) >= 11 is 0. The summed E-state index contributed by atoms with van der Waals surface area (Å²) in [6.45, 7) is 13.2. The fraction of sp³-hybridized carbons (Fsp3) is 0.632. The zero-order valence-corrected chi connectivity index (χ0v) is 16.1. The van der Waals surface area contributed by atoms with Crippen molar-refractivity contribution in [1.82, 2.24) is 9.80 Å². The molecule has 1 N–H and O–H groups in total. The second-order valence-corrected chi connectivity index (χ2v) is 7.83. The molecule has 1 amide bonds. The van der Waals surface area contributed by atoms with Crippen LogP contribution in [0.15, 0.2) is 24.3 Å². The van der Waals surface area contributed by atoms with Gasteiger partial charge >= 0.3 is 7.48 Å². The molecular formula is C19H30BN2O3. The van der Waals surface area contributed by atoms with Gasteiger partial charge in [-0.25, -0.2) is 0 Å². The van der Waals surface area contributed by atoms with Crippen LogP contribution in [-0.4, -0.2) is 65.7 Å². The summed E-state index contributed by atoms with van der Waals surface area (Å²) in [7, 11) is 1.70. The van der Waals surface area contributed by atoms with Crippen LogP contribution in [0.4, 0.5) is 0 Å². The molecule has 1 saturated heterocycles. The van der Waals surface area contributed by atoms with Crippen molar-refractivity contribution in [2.45, 2.75) is 52.4 Å². The summed E-state index contributed by atoms with van der Waals surface area (Å²) in [5.74, 6) is 0.161. The third-order valence-electron chi connectivity index (χ3n) is 5.17. The number of nitrogens with zero attached hydrogens (tertiary/aromatic N) is 2. The highest BCUT2D eigenvalue weighted by Crippen LogP contribution is 2.24. The average molecular weight is 345 g/mol. The Kier molecular flexibility index (Phi) is 6.30. The van der Waals surface area contributed by atoms with Crippen molar-refractivity contribution < 1.29 is 14.6 Å². The second kappa shape index (κ2) is 7.89. The van der Waals surface area contributed by atoms with Crippen LogP contribution in [0.3, 0.4) is 0 Å². The van der Waals surface area contributed by atoms with Gasteiger partial charge in [-0.1, -0.05) is 29.7 Å². The summed E-state index contributed by atoms with van der Waals surface area (Å²) in [5.41, 5.74) is 0.630. The van der Waals surface area contributed by atoms with Gasteiger partial charge in [0.25, 0.3) is 0 Å². The van der Waals surface area contributed by atoms with Crippen LogP contribution < -0.4 is 5.46 Å². The van der Waals surface area contributed by atoms with E-state index in [2.05, 4.69) is 17.0 Å². The van der Waals surface area contributed by atoms with Crippen LogP contribution >= 0.6 is 0 Å². The van der Waals surface area contributed by atoms with Gasteiger partial charge < -0.3 is 14.7 Å². The molecule has 0 atom stereocenters. The first-order chi connectivity index (χ1) is 11.6. The summed E-state index contributed by atoms with van der Waals surface area (Å²) in [5, 5.41) is 10.1. The van der Waals surface area contributed by atoms with Gasteiger partial charge in [0, 0.05) is 39.6 Å². The number of rotatable bonds is 6. The van der Waals surface area contributed by atoms with E-state index in [0.717, 1.165) is 38.2 Å². The molecule has 0 saturated carbocycles. The van der Waals surface area contributed by atoms with Crippen LogP contribution in [0.2, 0.25) is 0 Å². The van der Waals surface area contributed by atoms with Crippen LogP contribution in [0.25, 0.3) is 0 Å². The minimum Gasteiger partial charge on any atom is -0.427 e. The van der Waals surface area contributed by atoms with E-state index < -0.39 is 11.2 Å². The van der Waals surface area contributed by atoms with Crippen molar-refractivity contribution in [2.24, 2.45) is 0 Å². The molecule has 1 aromatic rings. The molecule has 0 bridgehead atoms. The maximum absolute atomic E-state index is 11.4. The van der Waals surface area contributed by atoms with Crippen molar-refractivity contribution in [3.05, 3.63) is 29.8 Å². The number of hydrogen-bond acceptors (Lipinski definition) is 4. The molecule has 1 fully saturated rings. The normalized spacial score (nSPS) is 16.8. The van der Waals surface area contributed by atoms with Crippen molar-refractivity contribution in [1.29, 1.82) is 0 Å². The van der Waals surface area contributed by atoms with E-state index in [1.807, 2.05) is 30.9 Å². The first-order valence-electron chi connectivity index (χ1n) is 8.89. The van der Waals surface area contributed by atoms with E-state index in [-0.39, 0.29) is 5.91 Å². The maximum Gasteiger partial charge on any atom is 0.330 e. The zero-order chi connectivity index (χ0) is 18.7. The molecule has 5 nitrogen and oxygen atoms in total. The minimum absolute atomic E-state index is 0.161. The summed E-state index contributed by atoms with van der Waals surface area (Å²) < 4.78 is 5.78. The van der Waals surface area contributed by atoms with Gasteiger partial charge in [-0.05, 0) is 33.3 Å². The standard InChI is InChI=1S/C19H30BN2O3/c1-15(23)22-12-10-21(11-13-22)14-16-6-8-17(9-7-16)20-25-19(4,5)18(2,3)24/h6-9,24H,10-14H2,1-5H3. The first-order valence-corrected chi connectivity index (χ1v) is 8.89. The molecule has 2 rings (SSSR count). The van der Waals surface area contributed by atoms with Gasteiger partial charge in [0.2, 0.25) is 5.91 Å². The summed E-state index contributed by atoms with van der Waals surface area (Å²) in [4.78, 5) is 15.6. The lowest BCUT2D eigenvalue weighted by Gasteiger charge is -2.37. The number of hydrogen-bond donors (Lipinski definition) is 1. The quantitative estimate of drug-likeness (QED) is 0.787. The third kappa shape index (κ3) is 5.56. The Bertz CT molecular complexity index is 573. The highest BCUT2D eigenvalue weighted by atomic mass is 16.5. The summed E-state index contributed by atoms with van der Waals surface area (Å²) in [6, 6.07) is 8.26. The lowest BCUT2D eigenvalue weighted by atomic mass is 9.82. The SMILES string of the molecule is CC(=O)N1CCN(Cc2ccc([B]OC(C)(C)C(C)(C)O)cc2)CC1. The lowest BCUT2D eigenvalue weighted by Crippen LogP contribution is -2.49. The Hall–Kier alpha value is -1.37. The van der Waals surface area contributed by atoms with Gasteiger partial charge in [0.05, 0.1) is 11.2 Å².